The van der Waals surface area contributed by atoms with Crippen molar-refractivity contribution >= 4 is 23.0 Å². The molecule has 3 N–H and O–H groups in total. The smallest absolute Gasteiger partial charge is 0.143 e. The summed E-state index contributed by atoms with van der Waals surface area (Å²) < 4.78 is 18.5. The number of benzene rings is 1. The highest BCUT2D eigenvalue weighted by Crippen LogP contribution is 2.27. The Kier molecular flexibility index (Phi) is 3.51. The van der Waals surface area contributed by atoms with E-state index in [2.05, 4.69) is 5.32 Å². The maximum Gasteiger partial charge on any atom is 0.143 e. The zero-order chi connectivity index (χ0) is 11.5. The first kappa shape index (κ1) is 11.5. The van der Waals surface area contributed by atoms with E-state index in [4.69, 9.17) is 22.1 Å². The Morgan fingerprint density at radius 3 is 2.75 bits per heavy atom. The quantitative estimate of drug-likeness (QED) is 0.787. The number of nitrogens with two attached hydrogens (primary N) is 1. The van der Waals surface area contributed by atoms with E-state index in [1.165, 1.54) is 12.1 Å². The Labute approximate surface area is 98.7 Å². The molecule has 0 aliphatic carbocycles. The van der Waals surface area contributed by atoms with Crippen molar-refractivity contribution < 1.29 is 9.13 Å². The van der Waals surface area contributed by atoms with Crippen LogP contribution in [-0.4, -0.2) is 19.3 Å². The van der Waals surface area contributed by atoms with Crippen molar-refractivity contribution in [3.8, 4) is 0 Å². The summed E-state index contributed by atoms with van der Waals surface area (Å²) in [6.07, 6.45) is 1.81. The molecule has 16 heavy (non-hydrogen) atoms. The fourth-order valence-corrected chi connectivity index (χ4v) is 1.92. The number of ether oxygens (including phenoxy) is 1. The van der Waals surface area contributed by atoms with Gasteiger partial charge in [0.1, 0.15) is 5.82 Å². The van der Waals surface area contributed by atoms with Gasteiger partial charge >= 0.3 is 0 Å². The van der Waals surface area contributed by atoms with Crippen LogP contribution >= 0.6 is 11.6 Å². The number of nitrogens with one attached hydrogen (secondary N) is 1. The Morgan fingerprint density at radius 1 is 1.38 bits per heavy atom. The van der Waals surface area contributed by atoms with Crippen LogP contribution in [0.15, 0.2) is 12.1 Å². The first-order chi connectivity index (χ1) is 7.66. The summed E-state index contributed by atoms with van der Waals surface area (Å²) in [5.74, 6) is -0.453. The first-order valence-corrected chi connectivity index (χ1v) is 5.63. The van der Waals surface area contributed by atoms with Crippen LogP contribution in [0.5, 0.6) is 0 Å². The van der Waals surface area contributed by atoms with Crippen LogP contribution in [0.25, 0.3) is 0 Å². The zero-order valence-corrected chi connectivity index (χ0v) is 9.56. The second-order valence-corrected chi connectivity index (χ2v) is 4.29. The number of hydrogen-bond acceptors (Lipinski definition) is 3. The zero-order valence-electron chi connectivity index (χ0n) is 8.80. The third-order valence-electron chi connectivity index (χ3n) is 2.67. The standard InChI is InChI=1S/C11H14ClFN2O/c12-8-5-10(14)11(6-9(8)13)15-7-1-3-16-4-2-7/h5-7,15H,1-4,14H2. The van der Waals surface area contributed by atoms with Crippen LogP contribution < -0.4 is 11.1 Å². The van der Waals surface area contributed by atoms with Gasteiger partial charge in [0.05, 0.1) is 16.4 Å². The second-order valence-electron chi connectivity index (χ2n) is 3.88. The fourth-order valence-electron chi connectivity index (χ4n) is 1.75. The molecular weight excluding hydrogens is 231 g/mol. The lowest BCUT2D eigenvalue weighted by atomic mass is 10.1. The van der Waals surface area contributed by atoms with Gasteiger partial charge in [-0.1, -0.05) is 11.6 Å². The summed E-state index contributed by atoms with van der Waals surface area (Å²) in [5, 5.41) is 3.26. The molecule has 0 aromatic heterocycles. The van der Waals surface area contributed by atoms with E-state index >= 15 is 0 Å². The molecule has 0 radical (unpaired) electrons. The monoisotopic (exact) mass is 244 g/mol. The normalized spacial score (nSPS) is 17.4. The molecule has 1 aromatic carbocycles. The average Bonchev–Trinajstić information content (AvgIpc) is 2.27. The molecule has 1 saturated heterocycles. The third kappa shape index (κ3) is 2.57. The summed E-state index contributed by atoms with van der Waals surface area (Å²) in [6.45, 7) is 1.46. The largest absolute Gasteiger partial charge is 0.397 e. The predicted molar refractivity (Wildman–Crippen MR) is 63.3 cm³/mol. The molecule has 1 aromatic rings. The highest BCUT2D eigenvalue weighted by atomic mass is 35.5. The molecule has 1 fully saturated rings. The molecule has 88 valence electrons. The van der Waals surface area contributed by atoms with Gasteiger partial charge in [-0.3, -0.25) is 0 Å². The van der Waals surface area contributed by atoms with Gasteiger partial charge in [0.15, 0.2) is 0 Å². The van der Waals surface area contributed by atoms with Crippen LogP contribution in [0.3, 0.4) is 0 Å². The second kappa shape index (κ2) is 4.89. The molecule has 1 heterocycles. The van der Waals surface area contributed by atoms with Crippen LogP contribution in [0.4, 0.5) is 15.8 Å². The van der Waals surface area contributed by atoms with Crippen molar-refractivity contribution in [1.29, 1.82) is 0 Å². The summed E-state index contributed by atoms with van der Waals surface area (Å²) in [5.41, 5.74) is 6.84. The van der Waals surface area contributed by atoms with E-state index in [1.54, 1.807) is 0 Å². The lowest BCUT2D eigenvalue weighted by Crippen LogP contribution is -2.28. The summed E-state index contributed by atoms with van der Waals surface area (Å²) in [6, 6.07) is 3.06. The number of nitrogen functional groups attached to an aromatic ring is 1. The van der Waals surface area contributed by atoms with Gasteiger partial charge in [0.2, 0.25) is 0 Å². The maximum atomic E-state index is 13.3. The molecule has 3 nitrogen and oxygen atoms in total. The van der Waals surface area contributed by atoms with Crippen LogP contribution in [0.2, 0.25) is 5.02 Å². The van der Waals surface area contributed by atoms with Crippen LogP contribution in [-0.2, 0) is 4.74 Å². The number of hydrogen-bond donors (Lipinski definition) is 2. The minimum absolute atomic E-state index is 0.0510. The van der Waals surface area contributed by atoms with Gasteiger partial charge in [-0.2, -0.15) is 0 Å². The van der Waals surface area contributed by atoms with E-state index < -0.39 is 5.82 Å². The summed E-state index contributed by atoms with van der Waals surface area (Å²) in [7, 11) is 0. The highest BCUT2D eigenvalue weighted by Gasteiger charge is 2.15. The van der Waals surface area contributed by atoms with E-state index in [1.807, 2.05) is 0 Å². The maximum absolute atomic E-state index is 13.3. The molecule has 0 spiro atoms. The van der Waals surface area contributed by atoms with Crippen molar-refractivity contribution in [3.05, 3.63) is 23.0 Å². The average molecular weight is 245 g/mol. The Bertz CT molecular complexity index is 380. The summed E-state index contributed by atoms with van der Waals surface area (Å²) >= 11 is 5.63. The molecular formula is C11H14ClFN2O. The molecule has 0 atom stereocenters. The summed E-state index contributed by atoms with van der Waals surface area (Å²) in [4.78, 5) is 0. The number of halogens is 2. The van der Waals surface area contributed by atoms with Gasteiger partial charge < -0.3 is 15.8 Å². The number of anilines is 2. The lowest BCUT2D eigenvalue weighted by molar-refractivity contribution is 0.0904. The van der Waals surface area contributed by atoms with E-state index in [-0.39, 0.29) is 11.1 Å². The molecule has 1 aliphatic heterocycles. The van der Waals surface area contributed by atoms with Crippen molar-refractivity contribution in [1.82, 2.24) is 0 Å². The predicted octanol–water partition coefficient (Wildman–Crippen LogP) is 2.65. The molecule has 0 saturated carbocycles. The first-order valence-electron chi connectivity index (χ1n) is 5.25. The van der Waals surface area contributed by atoms with Crippen LogP contribution in [0, 0.1) is 5.82 Å². The van der Waals surface area contributed by atoms with Gasteiger partial charge in [-0.05, 0) is 18.9 Å². The molecule has 0 amide bonds. The molecule has 0 unspecified atom stereocenters. The van der Waals surface area contributed by atoms with E-state index in [9.17, 15) is 4.39 Å². The van der Waals surface area contributed by atoms with Gasteiger partial charge in [0, 0.05) is 25.3 Å². The van der Waals surface area contributed by atoms with E-state index in [0.717, 1.165) is 26.1 Å². The van der Waals surface area contributed by atoms with Crippen molar-refractivity contribution in [2.75, 3.05) is 24.3 Å². The lowest BCUT2D eigenvalue weighted by Gasteiger charge is -2.24. The number of rotatable bonds is 2. The third-order valence-corrected chi connectivity index (χ3v) is 2.96. The Hall–Kier alpha value is -1.00. The Morgan fingerprint density at radius 2 is 2.06 bits per heavy atom. The topological polar surface area (TPSA) is 47.3 Å². The van der Waals surface area contributed by atoms with E-state index in [0.29, 0.717) is 11.4 Å². The molecule has 5 heteroatoms. The van der Waals surface area contributed by atoms with Crippen molar-refractivity contribution in [2.24, 2.45) is 0 Å². The SMILES string of the molecule is Nc1cc(Cl)c(F)cc1NC1CCOCC1. The Balaban J connectivity index is 2.11. The van der Waals surface area contributed by atoms with Gasteiger partial charge in [-0.15, -0.1) is 0 Å². The van der Waals surface area contributed by atoms with Crippen molar-refractivity contribution in [2.45, 2.75) is 18.9 Å². The van der Waals surface area contributed by atoms with Gasteiger partial charge in [-0.25, -0.2) is 4.39 Å². The minimum atomic E-state index is -0.453. The fraction of sp³-hybridized carbons (Fsp3) is 0.455. The van der Waals surface area contributed by atoms with Gasteiger partial charge in [0.25, 0.3) is 0 Å². The molecule has 1 aliphatic rings. The molecule has 2 rings (SSSR count). The highest BCUT2D eigenvalue weighted by molar-refractivity contribution is 6.31. The minimum Gasteiger partial charge on any atom is -0.397 e. The van der Waals surface area contributed by atoms with Crippen LogP contribution in [0.1, 0.15) is 12.8 Å². The molecule has 0 bridgehead atoms. The van der Waals surface area contributed by atoms with Crippen molar-refractivity contribution in [3.63, 3.8) is 0 Å².